The maximum absolute atomic E-state index is 10.1. The second kappa shape index (κ2) is 4.29. The molecule has 1 aromatic heterocycles. The zero-order valence-corrected chi connectivity index (χ0v) is 5.65. The molecule has 4 heteroatoms. The van der Waals surface area contributed by atoms with Crippen molar-refractivity contribution in [1.29, 1.82) is 0 Å². The first kappa shape index (κ1) is 9.45. The molecule has 0 radical (unpaired) electrons. The van der Waals surface area contributed by atoms with E-state index in [2.05, 4.69) is 4.98 Å². The molecule has 1 aromatic rings. The van der Waals surface area contributed by atoms with Gasteiger partial charge < -0.3 is 5.48 Å². The average molecular weight is 153 g/mol. The van der Waals surface area contributed by atoms with Crippen LogP contribution in [0.1, 0.15) is 20.8 Å². The Morgan fingerprint density at radius 1 is 1.27 bits per heavy atom. The van der Waals surface area contributed by atoms with Gasteiger partial charge in [0.25, 0.3) is 0 Å². The van der Waals surface area contributed by atoms with Gasteiger partial charge in [0.2, 0.25) is 0 Å². The van der Waals surface area contributed by atoms with Crippen LogP contribution in [0, 0.1) is 0 Å². The second-order valence-corrected chi connectivity index (χ2v) is 1.75. The molecule has 0 fully saturated rings. The molecular weight excluding hydrogens is 146 g/mol. The summed E-state index contributed by atoms with van der Waals surface area (Å²) in [6, 6.07) is 2.97. The van der Waals surface area contributed by atoms with Crippen molar-refractivity contribution in [3.05, 3.63) is 29.6 Å². The Kier molecular flexibility index (Phi) is 3.69. The van der Waals surface area contributed by atoms with Crippen LogP contribution in [0.2, 0.25) is 0 Å². The molecule has 0 spiro atoms. The number of aromatic nitrogens is 1. The topological polar surface area (TPSA) is 78.5 Å². The molecule has 0 atom stereocenters. The lowest BCUT2D eigenvalue weighted by Crippen LogP contribution is -1.87. The van der Waals surface area contributed by atoms with Crippen LogP contribution in [-0.4, -0.2) is 23.0 Å². The lowest BCUT2D eigenvalue weighted by molar-refractivity contribution is 0.111. The molecule has 0 bridgehead atoms. The fraction of sp³-hybridized carbons (Fsp3) is 0. The molecule has 0 saturated carbocycles. The van der Waals surface area contributed by atoms with Crippen molar-refractivity contribution in [1.82, 2.24) is 4.98 Å². The first-order valence-corrected chi connectivity index (χ1v) is 2.73. The zero-order valence-electron chi connectivity index (χ0n) is 5.65. The molecule has 0 aliphatic carbocycles. The average Bonchev–Trinajstić information content (AvgIpc) is 2.05. The summed E-state index contributed by atoms with van der Waals surface area (Å²) in [6.45, 7) is 0. The lowest BCUT2D eigenvalue weighted by Gasteiger charge is -1.88. The number of hydrogen-bond acceptors (Lipinski definition) is 3. The van der Waals surface area contributed by atoms with Gasteiger partial charge in [-0.05, 0) is 12.1 Å². The molecule has 0 aliphatic rings. The van der Waals surface area contributed by atoms with Crippen LogP contribution in [-0.2, 0) is 0 Å². The van der Waals surface area contributed by atoms with Gasteiger partial charge in [-0.3, -0.25) is 14.6 Å². The predicted molar refractivity (Wildman–Crippen MR) is 38.6 cm³/mol. The van der Waals surface area contributed by atoms with E-state index in [1.807, 2.05) is 0 Å². The number of rotatable bonds is 2. The minimum Gasteiger partial charge on any atom is -0.412 e. The highest BCUT2D eigenvalue weighted by atomic mass is 16.1. The van der Waals surface area contributed by atoms with E-state index in [9.17, 15) is 9.59 Å². The minimum atomic E-state index is 0. The SMILES string of the molecule is O.O=Cc1ccnc(C=O)c1. The Morgan fingerprint density at radius 3 is 2.55 bits per heavy atom. The molecule has 0 saturated heterocycles. The van der Waals surface area contributed by atoms with E-state index >= 15 is 0 Å². The van der Waals surface area contributed by atoms with Crippen molar-refractivity contribution in [3.8, 4) is 0 Å². The maximum Gasteiger partial charge on any atom is 0.168 e. The second-order valence-electron chi connectivity index (χ2n) is 1.75. The Balaban J connectivity index is 0.000001000. The highest BCUT2D eigenvalue weighted by molar-refractivity contribution is 5.79. The number of nitrogens with zero attached hydrogens (tertiary/aromatic N) is 1. The number of carbonyl (C=O) groups excluding carboxylic acids is 2. The van der Waals surface area contributed by atoms with E-state index in [1.54, 1.807) is 6.07 Å². The quantitative estimate of drug-likeness (QED) is 0.555. The smallest absolute Gasteiger partial charge is 0.168 e. The summed E-state index contributed by atoms with van der Waals surface area (Å²) < 4.78 is 0. The van der Waals surface area contributed by atoms with Gasteiger partial charge in [-0.15, -0.1) is 0 Å². The Bertz CT molecular complexity index is 236. The largest absolute Gasteiger partial charge is 0.412 e. The van der Waals surface area contributed by atoms with E-state index in [1.165, 1.54) is 12.3 Å². The van der Waals surface area contributed by atoms with E-state index in [4.69, 9.17) is 0 Å². The van der Waals surface area contributed by atoms with Gasteiger partial charge >= 0.3 is 0 Å². The van der Waals surface area contributed by atoms with Gasteiger partial charge in [-0.1, -0.05) is 0 Å². The highest BCUT2D eigenvalue weighted by Crippen LogP contribution is 1.94. The molecule has 1 rings (SSSR count). The van der Waals surface area contributed by atoms with Crippen molar-refractivity contribution < 1.29 is 15.1 Å². The molecule has 0 amide bonds. The molecule has 0 aromatic carbocycles. The molecule has 1 heterocycles. The fourth-order valence-electron chi connectivity index (χ4n) is 0.603. The Hall–Kier alpha value is -1.55. The van der Waals surface area contributed by atoms with Crippen LogP contribution in [0.4, 0.5) is 0 Å². The highest BCUT2D eigenvalue weighted by Gasteiger charge is 1.91. The van der Waals surface area contributed by atoms with Gasteiger partial charge in [-0.2, -0.15) is 0 Å². The first-order valence-electron chi connectivity index (χ1n) is 2.73. The monoisotopic (exact) mass is 153 g/mol. The van der Waals surface area contributed by atoms with Crippen molar-refractivity contribution in [3.63, 3.8) is 0 Å². The number of hydrogen-bond donors (Lipinski definition) is 0. The summed E-state index contributed by atoms with van der Waals surface area (Å²) in [5.41, 5.74) is 0.752. The summed E-state index contributed by atoms with van der Waals surface area (Å²) in [5, 5.41) is 0. The van der Waals surface area contributed by atoms with Gasteiger partial charge in [0, 0.05) is 11.8 Å². The summed E-state index contributed by atoms with van der Waals surface area (Å²) in [5.74, 6) is 0. The van der Waals surface area contributed by atoms with Gasteiger partial charge in [-0.25, -0.2) is 0 Å². The third-order valence-electron chi connectivity index (χ3n) is 1.06. The minimum absolute atomic E-state index is 0. The van der Waals surface area contributed by atoms with Gasteiger partial charge in [0.05, 0.1) is 0 Å². The number of pyridine rings is 1. The van der Waals surface area contributed by atoms with Crippen molar-refractivity contribution in [2.45, 2.75) is 0 Å². The van der Waals surface area contributed by atoms with Crippen molar-refractivity contribution >= 4 is 12.6 Å². The van der Waals surface area contributed by atoms with Crippen LogP contribution < -0.4 is 0 Å². The normalized spacial score (nSPS) is 8.00. The third-order valence-corrected chi connectivity index (χ3v) is 1.06. The van der Waals surface area contributed by atoms with Crippen LogP contribution in [0.25, 0.3) is 0 Å². The number of carbonyl (C=O) groups is 2. The molecular formula is C7H7NO3. The van der Waals surface area contributed by atoms with Crippen molar-refractivity contribution in [2.75, 3.05) is 0 Å². The molecule has 58 valence electrons. The van der Waals surface area contributed by atoms with Crippen LogP contribution in [0.5, 0.6) is 0 Å². The maximum atomic E-state index is 10.1. The zero-order chi connectivity index (χ0) is 7.40. The van der Waals surface area contributed by atoms with Crippen LogP contribution in [0.3, 0.4) is 0 Å². The Morgan fingerprint density at radius 2 is 2.00 bits per heavy atom. The molecule has 2 N–H and O–H groups in total. The van der Waals surface area contributed by atoms with E-state index in [-0.39, 0.29) is 11.2 Å². The molecule has 0 unspecified atom stereocenters. The first-order chi connectivity index (χ1) is 4.86. The summed E-state index contributed by atoms with van der Waals surface area (Å²) in [6.07, 6.45) is 2.70. The lowest BCUT2D eigenvalue weighted by atomic mass is 10.2. The standard InChI is InChI=1S/C7H5NO2.H2O/c9-4-6-1-2-8-7(3-6)5-10;/h1-5H;1H2. The van der Waals surface area contributed by atoms with Crippen molar-refractivity contribution in [2.24, 2.45) is 0 Å². The molecule has 4 nitrogen and oxygen atoms in total. The van der Waals surface area contributed by atoms with E-state index in [0.717, 1.165) is 0 Å². The van der Waals surface area contributed by atoms with E-state index < -0.39 is 0 Å². The summed E-state index contributed by atoms with van der Waals surface area (Å²) in [4.78, 5) is 23.9. The summed E-state index contributed by atoms with van der Waals surface area (Å²) in [7, 11) is 0. The Labute approximate surface area is 63.2 Å². The van der Waals surface area contributed by atoms with Gasteiger partial charge in [0.1, 0.15) is 12.0 Å². The number of aldehydes is 2. The third kappa shape index (κ3) is 2.27. The van der Waals surface area contributed by atoms with Gasteiger partial charge in [0.15, 0.2) is 6.29 Å². The summed E-state index contributed by atoms with van der Waals surface area (Å²) >= 11 is 0. The van der Waals surface area contributed by atoms with Crippen LogP contribution in [0.15, 0.2) is 18.3 Å². The van der Waals surface area contributed by atoms with E-state index in [0.29, 0.717) is 18.1 Å². The fourth-order valence-corrected chi connectivity index (χ4v) is 0.603. The van der Waals surface area contributed by atoms with Crippen LogP contribution >= 0.6 is 0 Å². The predicted octanol–water partition coefficient (Wildman–Crippen LogP) is -0.118. The molecule has 0 aliphatic heterocycles. The molecule has 11 heavy (non-hydrogen) atoms.